The number of amides is 1. The van der Waals surface area contributed by atoms with Crippen molar-refractivity contribution in [2.45, 2.75) is 12.7 Å². The fourth-order valence-corrected chi connectivity index (χ4v) is 4.84. The van der Waals surface area contributed by atoms with Crippen LogP contribution in [0.15, 0.2) is 143 Å². The molecule has 4 aromatic carbocycles. The lowest BCUT2D eigenvalue weighted by atomic mass is 10.2. The van der Waals surface area contributed by atoms with Crippen LogP contribution >= 0.6 is 0 Å². The van der Waals surface area contributed by atoms with Crippen molar-refractivity contribution in [3.8, 4) is 45.9 Å². The summed E-state index contributed by atoms with van der Waals surface area (Å²) in [5.41, 5.74) is 10.3. The molecular weight excluding hydrogens is 778 g/mol. The lowest BCUT2D eigenvalue weighted by Crippen LogP contribution is -2.18. The monoisotopic (exact) mass is 804 g/mol. The van der Waals surface area contributed by atoms with E-state index in [9.17, 15) is 31.1 Å². The molecule has 19 heteroatoms. The van der Waals surface area contributed by atoms with E-state index < -0.39 is 24.6 Å². The van der Waals surface area contributed by atoms with Gasteiger partial charge in [-0.2, -0.15) is 9.97 Å². The number of hydrogen-bond donors (Lipinski definition) is 3. The zero-order valence-corrected chi connectivity index (χ0v) is 29.2. The number of fused-ring (bicyclic) bond motifs is 2. The van der Waals surface area contributed by atoms with Gasteiger partial charge in [0.05, 0.1) is 16.8 Å². The van der Waals surface area contributed by atoms with Crippen LogP contribution in [0.1, 0.15) is 0 Å². The van der Waals surface area contributed by atoms with Crippen molar-refractivity contribution in [1.82, 2.24) is 19.9 Å². The highest BCUT2D eigenvalue weighted by molar-refractivity contribution is 5.92. The lowest BCUT2D eigenvalue weighted by Gasteiger charge is -2.11. The maximum Gasteiger partial charge on any atom is 0.573 e. The number of nitrogen functional groups attached to an aromatic ring is 1. The van der Waals surface area contributed by atoms with Crippen LogP contribution in [0.3, 0.4) is 0 Å². The first-order valence-electron chi connectivity index (χ1n) is 16.5. The minimum atomic E-state index is -4.80. The second kappa shape index (κ2) is 17.3. The van der Waals surface area contributed by atoms with Crippen molar-refractivity contribution in [3.05, 3.63) is 134 Å². The number of nitrogens with zero attached hydrogens (tertiary/aromatic N) is 4. The number of nitrogens with two attached hydrogens (primary N) is 1. The first kappa shape index (κ1) is 39.9. The van der Waals surface area contributed by atoms with Gasteiger partial charge in [-0.25, -0.2) is 14.8 Å². The molecular formula is C39H26F6N6O7. The molecule has 4 heterocycles. The quantitative estimate of drug-likeness (QED) is 0.107. The topological polar surface area (TPSA) is 181 Å². The molecule has 4 aromatic heterocycles. The number of carbonyl (C=O) groups is 1. The van der Waals surface area contributed by atoms with Crippen molar-refractivity contribution < 1.29 is 59.3 Å². The van der Waals surface area contributed by atoms with E-state index in [0.29, 0.717) is 45.3 Å². The van der Waals surface area contributed by atoms with Crippen molar-refractivity contribution in [1.29, 1.82) is 0 Å². The number of para-hydroxylation sites is 2. The summed E-state index contributed by atoms with van der Waals surface area (Å²) >= 11 is 0. The number of aromatic hydroxyl groups is 1. The van der Waals surface area contributed by atoms with Gasteiger partial charge in [-0.05, 0) is 97.1 Å². The number of ether oxygens (including phenoxy) is 3. The second-order valence-corrected chi connectivity index (χ2v) is 11.4. The average molecular weight is 805 g/mol. The molecule has 8 aromatic rings. The molecule has 0 saturated carbocycles. The summed E-state index contributed by atoms with van der Waals surface area (Å²) in [5.74, 6) is -0.0828. The first-order chi connectivity index (χ1) is 27.7. The Labute approximate surface area is 322 Å². The van der Waals surface area contributed by atoms with Gasteiger partial charge in [-0.3, -0.25) is 5.32 Å². The maximum atomic E-state index is 12.2. The number of rotatable bonds is 6. The molecule has 0 fully saturated rings. The van der Waals surface area contributed by atoms with Gasteiger partial charge in [-0.1, -0.05) is 24.3 Å². The molecule has 0 spiro atoms. The van der Waals surface area contributed by atoms with Crippen LogP contribution in [0.25, 0.3) is 45.4 Å². The van der Waals surface area contributed by atoms with Gasteiger partial charge in [0, 0.05) is 18.1 Å². The number of phenols is 1. The average Bonchev–Trinajstić information content (AvgIpc) is 3.81. The molecule has 4 N–H and O–H groups in total. The molecule has 1 amide bonds. The van der Waals surface area contributed by atoms with Crippen LogP contribution in [0, 0.1) is 0 Å². The number of anilines is 2. The maximum absolute atomic E-state index is 12.2. The molecule has 0 bridgehead atoms. The van der Waals surface area contributed by atoms with E-state index in [1.807, 2.05) is 36.4 Å². The molecule has 0 aliphatic heterocycles. The highest BCUT2D eigenvalue weighted by Gasteiger charge is 2.31. The Kier molecular flexibility index (Phi) is 11.9. The van der Waals surface area contributed by atoms with Crippen molar-refractivity contribution in [3.63, 3.8) is 0 Å². The smallest absolute Gasteiger partial charge is 0.508 e. The summed E-state index contributed by atoms with van der Waals surface area (Å²) < 4.78 is 95.0. The fraction of sp³-hybridized carbons (Fsp3) is 0.0513. The predicted octanol–water partition coefficient (Wildman–Crippen LogP) is 10.2. The second-order valence-electron chi connectivity index (χ2n) is 11.4. The van der Waals surface area contributed by atoms with Crippen LogP contribution in [-0.4, -0.2) is 43.9 Å². The largest absolute Gasteiger partial charge is 0.573 e. The van der Waals surface area contributed by atoms with Crippen LogP contribution in [0.4, 0.5) is 42.5 Å². The summed E-state index contributed by atoms with van der Waals surface area (Å²) in [5, 5.41) is 11.3. The Bertz CT molecular complexity index is 2550. The fourth-order valence-electron chi connectivity index (χ4n) is 4.84. The minimum absolute atomic E-state index is 0.0329. The number of carbonyl (C=O) groups excluding carboxylic acids is 1. The number of hydrogen-bond acceptors (Lipinski definition) is 12. The summed E-state index contributed by atoms with van der Waals surface area (Å²) in [6.45, 7) is 0. The molecule has 0 radical (unpaired) electrons. The molecule has 296 valence electrons. The van der Waals surface area contributed by atoms with Crippen molar-refractivity contribution >= 4 is 39.9 Å². The standard InChI is InChI=1S/C20H12F3N3O4.C12H9N3O.C7H5F3O2/c21-20(22,23)30-13-9-7-12(8-10-13)28-19(27)25-15-5-2-1-4-14(15)18-26-17-16(29-18)6-3-11-24-17;13-9-5-2-1-4-8(9)12-15-11-10(16-12)6-3-7-14-11;8-7(9,10)12-6-3-1-5(11)2-4-6/h1-11H,(H,25,27);1-7H,13H2;1-4,11H. The van der Waals surface area contributed by atoms with Gasteiger partial charge < -0.3 is 33.9 Å². The highest BCUT2D eigenvalue weighted by atomic mass is 19.4. The van der Waals surface area contributed by atoms with E-state index >= 15 is 0 Å². The van der Waals surface area contributed by atoms with E-state index in [1.54, 1.807) is 48.8 Å². The third-order valence-electron chi connectivity index (χ3n) is 7.25. The molecule has 0 aliphatic rings. The number of nitrogens with one attached hydrogen (secondary N) is 1. The summed E-state index contributed by atoms with van der Waals surface area (Å²) in [7, 11) is 0. The molecule has 8 rings (SSSR count). The SMILES string of the molecule is Nc1ccccc1-c1nc2ncccc2o1.O=C(Nc1ccccc1-c1nc2ncccc2o1)Oc1ccc(OC(F)(F)F)cc1.Oc1ccc(OC(F)(F)F)cc1. The van der Waals surface area contributed by atoms with E-state index in [-0.39, 0.29) is 23.1 Å². The Morgan fingerprint density at radius 1 is 0.603 bits per heavy atom. The summed E-state index contributed by atoms with van der Waals surface area (Å²) in [6.07, 6.45) is -7.06. The third kappa shape index (κ3) is 11.1. The van der Waals surface area contributed by atoms with Crippen LogP contribution in [0.5, 0.6) is 23.0 Å². The lowest BCUT2D eigenvalue weighted by molar-refractivity contribution is -0.275. The van der Waals surface area contributed by atoms with Gasteiger partial charge in [0.1, 0.15) is 23.0 Å². The third-order valence-corrected chi connectivity index (χ3v) is 7.25. The van der Waals surface area contributed by atoms with Crippen LogP contribution in [0.2, 0.25) is 0 Å². The number of phenolic OH excluding ortho intramolecular Hbond substituents is 1. The van der Waals surface area contributed by atoms with E-state index in [2.05, 4.69) is 34.7 Å². The zero-order valence-electron chi connectivity index (χ0n) is 29.2. The van der Waals surface area contributed by atoms with Crippen molar-refractivity contribution in [2.24, 2.45) is 0 Å². The Balaban J connectivity index is 0.000000168. The van der Waals surface area contributed by atoms with E-state index in [1.165, 1.54) is 12.1 Å². The zero-order chi connectivity index (χ0) is 41.3. The number of pyridine rings is 2. The number of halogens is 6. The van der Waals surface area contributed by atoms with Gasteiger partial charge in [-0.15, -0.1) is 26.3 Å². The highest BCUT2D eigenvalue weighted by Crippen LogP contribution is 2.31. The molecule has 13 nitrogen and oxygen atoms in total. The van der Waals surface area contributed by atoms with Crippen LogP contribution in [-0.2, 0) is 0 Å². The summed E-state index contributed by atoms with van der Waals surface area (Å²) in [6, 6.07) is 30.0. The minimum Gasteiger partial charge on any atom is -0.508 e. The van der Waals surface area contributed by atoms with E-state index in [0.717, 1.165) is 42.0 Å². The number of oxazole rings is 2. The number of benzene rings is 4. The Morgan fingerprint density at radius 3 is 1.59 bits per heavy atom. The molecule has 58 heavy (non-hydrogen) atoms. The van der Waals surface area contributed by atoms with Gasteiger partial charge in [0.25, 0.3) is 0 Å². The van der Waals surface area contributed by atoms with Gasteiger partial charge >= 0.3 is 18.8 Å². The molecule has 0 saturated heterocycles. The molecule has 0 aliphatic carbocycles. The molecule has 0 unspecified atom stereocenters. The van der Waals surface area contributed by atoms with Gasteiger partial charge in [0.2, 0.25) is 11.8 Å². The molecule has 0 atom stereocenters. The first-order valence-corrected chi connectivity index (χ1v) is 16.5. The Morgan fingerprint density at radius 2 is 1.07 bits per heavy atom. The normalized spacial score (nSPS) is 11.1. The predicted molar refractivity (Wildman–Crippen MR) is 196 cm³/mol. The van der Waals surface area contributed by atoms with E-state index in [4.69, 9.17) is 24.4 Å². The Hall–Kier alpha value is -7.83. The van der Waals surface area contributed by atoms with Crippen LogP contribution < -0.4 is 25.3 Å². The summed E-state index contributed by atoms with van der Waals surface area (Å²) in [4.78, 5) is 29.0. The number of aromatic nitrogens is 4. The number of alkyl halides is 6. The van der Waals surface area contributed by atoms with Crippen molar-refractivity contribution in [2.75, 3.05) is 11.1 Å². The van der Waals surface area contributed by atoms with Gasteiger partial charge in [0.15, 0.2) is 22.5 Å².